The van der Waals surface area contributed by atoms with Crippen LogP contribution in [-0.2, 0) is 0 Å². The van der Waals surface area contributed by atoms with Crippen LogP contribution in [0.15, 0.2) is 0 Å². The first-order chi connectivity index (χ1) is 8.74. The third kappa shape index (κ3) is 3.99. The second-order valence-electron chi connectivity index (χ2n) is 3.69. The minimum Gasteiger partial charge on any atom is -0.467 e. The van der Waals surface area contributed by atoms with E-state index in [1.165, 1.54) is 7.11 Å². The Kier molecular flexibility index (Phi) is 6.13. The van der Waals surface area contributed by atoms with Gasteiger partial charge in [-0.15, -0.1) is 0 Å². The van der Waals surface area contributed by atoms with Gasteiger partial charge >= 0.3 is 6.01 Å². The van der Waals surface area contributed by atoms with Crippen LogP contribution in [0, 0.1) is 0 Å². The number of rotatable bonds is 8. The van der Waals surface area contributed by atoms with Gasteiger partial charge in [0.2, 0.25) is 11.9 Å². The molecule has 0 amide bonds. The Hall–Kier alpha value is -1.63. The van der Waals surface area contributed by atoms with E-state index in [9.17, 15) is 0 Å². The molecule has 0 saturated carbocycles. The summed E-state index contributed by atoms with van der Waals surface area (Å²) >= 11 is 0. The lowest BCUT2D eigenvalue weighted by atomic mass is 10.4. The molecule has 18 heavy (non-hydrogen) atoms. The molecule has 0 bridgehead atoms. The van der Waals surface area contributed by atoms with Crippen LogP contribution >= 0.6 is 0 Å². The van der Waals surface area contributed by atoms with Gasteiger partial charge in [0, 0.05) is 19.6 Å². The molecule has 7 heteroatoms. The zero-order chi connectivity index (χ0) is 13.4. The summed E-state index contributed by atoms with van der Waals surface area (Å²) in [4.78, 5) is 14.5. The lowest BCUT2D eigenvalue weighted by Crippen LogP contribution is -2.29. The fourth-order valence-corrected chi connectivity index (χ4v) is 1.52. The molecule has 0 aliphatic heterocycles. The summed E-state index contributed by atoms with van der Waals surface area (Å²) in [5, 5.41) is 12.1. The van der Waals surface area contributed by atoms with Crippen molar-refractivity contribution in [3.63, 3.8) is 0 Å². The Morgan fingerprint density at radius 1 is 1.22 bits per heavy atom. The van der Waals surface area contributed by atoms with Gasteiger partial charge in [0.15, 0.2) is 0 Å². The summed E-state index contributed by atoms with van der Waals surface area (Å²) in [6.45, 7) is 6.08. The highest BCUT2D eigenvalue weighted by Crippen LogP contribution is 2.14. The number of anilines is 2. The van der Waals surface area contributed by atoms with Crippen molar-refractivity contribution in [3.8, 4) is 6.01 Å². The van der Waals surface area contributed by atoms with Gasteiger partial charge in [-0.2, -0.15) is 15.0 Å². The van der Waals surface area contributed by atoms with Crippen molar-refractivity contribution in [2.45, 2.75) is 20.3 Å². The van der Waals surface area contributed by atoms with Crippen LogP contribution in [0.25, 0.3) is 0 Å². The van der Waals surface area contributed by atoms with Crippen molar-refractivity contribution in [2.24, 2.45) is 0 Å². The van der Waals surface area contributed by atoms with Crippen molar-refractivity contribution in [1.82, 2.24) is 15.0 Å². The number of aromatic nitrogens is 3. The van der Waals surface area contributed by atoms with E-state index in [-0.39, 0.29) is 12.6 Å². The summed E-state index contributed by atoms with van der Waals surface area (Å²) in [7, 11) is 1.52. The number of hydrogen-bond donors (Lipinski definition) is 2. The maximum absolute atomic E-state index is 9.06. The number of methoxy groups -OCH3 is 1. The first kappa shape index (κ1) is 14.4. The Balaban J connectivity index is 2.99. The lowest BCUT2D eigenvalue weighted by Gasteiger charge is -2.21. The number of ether oxygens (including phenoxy) is 1. The van der Waals surface area contributed by atoms with E-state index in [1.54, 1.807) is 0 Å². The highest BCUT2D eigenvalue weighted by atomic mass is 16.5. The van der Waals surface area contributed by atoms with E-state index in [4.69, 9.17) is 9.84 Å². The van der Waals surface area contributed by atoms with Gasteiger partial charge in [-0.25, -0.2) is 0 Å². The third-order valence-corrected chi connectivity index (χ3v) is 2.27. The van der Waals surface area contributed by atoms with Gasteiger partial charge in [0.1, 0.15) is 0 Å². The van der Waals surface area contributed by atoms with E-state index < -0.39 is 0 Å². The number of nitrogens with zero attached hydrogens (tertiary/aromatic N) is 4. The SMILES string of the molecule is CCCN(CCO)c1nc(NCC)nc(OC)n1. The second kappa shape index (κ2) is 7.65. The van der Waals surface area contributed by atoms with Crippen LogP contribution in [0.1, 0.15) is 20.3 Å². The molecule has 2 N–H and O–H groups in total. The zero-order valence-corrected chi connectivity index (χ0v) is 11.2. The highest BCUT2D eigenvalue weighted by Gasteiger charge is 2.12. The van der Waals surface area contributed by atoms with E-state index in [1.807, 2.05) is 11.8 Å². The predicted octanol–water partition coefficient (Wildman–Crippen LogP) is 0.521. The standard InChI is InChI=1S/C11H21N5O2/c1-4-6-16(7-8-17)10-13-9(12-5-2)14-11(15-10)18-3/h17H,4-8H2,1-3H3,(H,12,13,14,15). The molecule has 102 valence electrons. The Labute approximate surface area is 107 Å². The molecule has 7 nitrogen and oxygen atoms in total. The minimum absolute atomic E-state index is 0.0601. The maximum atomic E-state index is 9.06. The molecule has 0 atom stereocenters. The monoisotopic (exact) mass is 255 g/mol. The average molecular weight is 255 g/mol. The van der Waals surface area contributed by atoms with E-state index >= 15 is 0 Å². The Morgan fingerprint density at radius 3 is 2.56 bits per heavy atom. The first-order valence-corrected chi connectivity index (χ1v) is 6.14. The minimum atomic E-state index is 0.0601. The summed E-state index contributed by atoms with van der Waals surface area (Å²) in [5.41, 5.74) is 0. The van der Waals surface area contributed by atoms with Crippen LogP contribution in [0.4, 0.5) is 11.9 Å². The molecule has 0 aliphatic rings. The van der Waals surface area contributed by atoms with Gasteiger partial charge in [0.05, 0.1) is 13.7 Å². The molecule has 0 unspecified atom stereocenters. The van der Waals surface area contributed by atoms with Crippen LogP contribution in [-0.4, -0.2) is 53.4 Å². The summed E-state index contributed by atoms with van der Waals surface area (Å²) < 4.78 is 5.06. The molecular weight excluding hydrogens is 234 g/mol. The van der Waals surface area contributed by atoms with Gasteiger partial charge in [-0.1, -0.05) is 6.92 Å². The fourth-order valence-electron chi connectivity index (χ4n) is 1.52. The summed E-state index contributed by atoms with van der Waals surface area (Å²) in [6, 6.07) is 0.273. The smallest absolute Gasteiger partial charge is 0.322 e. The van der Waals surface area contributed by atoms with Crippen LogP contribution in [0.3, 0.4) is 0 Å². The molecule has 1 rings (SSSR count). The molecule has 0 radical (unpaired) electrons. The Bertz CT molecular complexity index is 355. The molecule has 1 aromatic heterocycles. The fraction of sp³-hybridized carbons (Fsp3) is 0.727. The normalized spacial score (nSPS) is 10.2. The Morgan fingerprint density at radius 2 is 2.00 bits per heavy atom. The molecule has 0 saturated heterocycles. The van der Waals surface area contributed by atoms with Crippen molar-refractivity contribution in [1.29, 1.82) is 0 Å². The van der Waals surface area contributed by atoms with E-state index in [0.29, 0.717) is 18.4 Å². The number of aliphatic hydroxyl groups excluding tert-OH is 1. The van der Waals surface area contributed by atoms with Crippen molar-refractivity contribution < 1.29 is 9.84 Å². The molecule has 0 spiro atoms. The summed E-state index contributed by atoms with van der Waals surface area (Å²) in [6.07, 6.45) is 0.949. The third-order valence-electron chi connectivity index (χ3n) is 2.27. The van der Waals surface area contributed by atoms with E-state index in [2.05, 4.69) is 27.2 Å². The van der Waals surface area contributed by atoms with Gasteiger partial charge in [-0.05, 0) is 13.3 Å². The van der Waals surface area contributed by atoms with Crippen molar-refractivity contribution >= 4 is 11.9 Å². The van der Waals surface area contributed by atoms with Crippen molar-refractivity contribution in [2.75, 3.05) is 43.6 Å². The number of aliphatic hydroxyl groups is 1. The van der Waals surface area contributed by atoms with E-state index in [0.717, 1.165) is 19.5 Å². The van der Waals surface area contributed by atoms with Gasteiger partial charge in [-0.3, -0.25) is 0 Å². The van der Waals surface area contributed by atoms with Crippen LogP contribution < -0.4 is 15.0 Å². The van der Waals surface area contributed by atoms with Gasteiger partial charge in [0.25, 0.3) is 0 Å². The first-order valence-electron chi connectivity index (χ1n) is 6.14. The quantitative estimate of drug-likeness (QED) is 0.700. The molecular formula is C11H21N5O2. The molecule has 0 fully saturated rings. The molecule has 1 heterocycles. The van der Waals surface area contributed by atoms with Gasteiger partial charge < -0.3 is 20.1 Å². The predicted molar refractivity (Wildman–Crippen MR) is 70.1 cm³/mol. The second-order valence-corrected chi connectivity index (χ2v) is 3.69. The average Bonchev–Trinajstić information content (AvgIpc) is 2.38. The topological polar surface area (TPSA) is 83.4 Å². The van der Waals surface area contributed by atoms with Crippen LogP contribution in [0.2, 0.25) is 0 Å². The lowest BCUT2D eigenvalue weighted by molar-refractivity contribution is 0.300. The molecule has 1 aromatic rings. The van der Waals surface area contributed by atoms with Crippen LogP contribution in [0.5, 0.6) is 6.01 Å². The number of hydrogen-bond acceptors (Lipinski definition) is 7. The summed E-state index contributed by atoms with van der Waals surface area (Å²) in [5.74, 6) is 1.01. The van der Waals surface area contributed by atoms with Crippen molar-refractivity contribution in [3.05, 3.63) is 0 Å². The molecule has 0 aliphatic carbocycles. The highest BCUT2D eigenvalue weighted by molar-refractivity contribution is 5.38. The largest absolute Gasteiger partial charge is 0.467 e. The zero-order valence-electron chi connectivity index (χ0n) is 11.2. The maximum Gasteiger partial charge on any atom is 0.322 e. The molecule has 0 aromatic carbocycles. The number of nitrogens with one attached hydrogen (secondary N) is 1.